The summed E-state index contributed by atoms with van der Waals surface area (Å²) in [5, 5.41) is 12.3. The number of anilines is 1. The Morgan fingerprint density at radius 2 is 1.94 bits per heavy atom. The van der Waals surface area contributed by atoms with Crippen molar-refractivity contribution in [2.45, 2.75) is 13.2 Å². The third-order valence-corrected chi connectivity index (χ3v) is 2.22. The summed E-state index contributed by atoms with van der Waals surface area (Å²) in [5.74, 6) is 0.704. The van der Waals surface area contributed by atoms with Gasteiger partial charge in [-0.25, -0.2) is 4.98 Å². The van der Waals surface area contributed by atoms with Crippen molar-refractivity contribution in [1.82, 2.24) is 9.97 Å². The number of hydrogen-bond donors (Lipinski definition) is 2. The van der Waals surface area contributed by atoms with Crippen LogP contribution in [0.4, 0.5) is 5.82 Å². The topological polar surface area (TPSA) is 58.0 Å². The van der Waals surface area contributed by atoms with Gasteiger partial charge in [0.25, 0.3) is 0 Å². The number of aliphatic hydroxyl groups excluding tert-OH is 1. The maximum atomic E-state index is 9.12. The van der Waals surface area contributed by atoms with Gasteiger partial charge in [0.15, 0.2) is 0 Å². The lowest BCUT2D eigenvalue weighted by Gasteiger charge is -2.08. The second-order valence-corrected chi connectivity index (χ2v) is 3.34. The van der Waals surface area contributed by atoms with E-state index in [1.54, 1.807) is 18.5 Å². The molecule has 0 aliphatic heterocycles. The van der Waals surface area contributed by atoms with E-state index in [1.807, 2.05) is 24.3 Å². The van der Waals surface area contributed by atoms with Crippen LogP contribution < -0.4 is 5.32 Å². The molecule has 4 nitrogen and oxygen atoms in total. The van der Waals surface area contributed by atoms with Gasteiger partial charge in [0.05, 0.1) is 18.8 Å². The van der Waals surface area contributed by atoms with Crippen molar-refractivity contribution in [3.63, 3.8) is 0 Å². The molecule has 0 aliphatic carbocycles. The average Bonchev–Trinajstić information content (AvgIpc) is 2.38. The van der Waals surface area contributed by atoms with Gasteiger partial charge in [-0.3, -0.25) is 4.98 Å². The summed E-state index contributed by atoms with van der Waals surface area (Å²) in [6.45, 7) is 0.587. The summed E-state index contributed by atoms with van der Waals surface area (Å²) in [6.07, 6.45) is 3.45. The van der Waals surface area contributed by atoms with Crippen molar-refractivity contribution in [2.75, 3.05) is 5.32 Å². The highest BCUT2D eigenvalue weighted by atomic mass is 16.3. The Morgan fingerprint density at radius 3 is 2.69 bits per heavy atom. The number of nitrogens with one attached hydrogen (secondary N) is 1. The first-order chi connectivity index (χ1) is 7.90. The summed E-state index contributed by atoms with van der Waals surface area (Å²) in [4.78, 5) is 8.36. The number of hydrogen-bond acceptors (Lipinski definition) is 4. The van der Waals surface area contributed by atoms with Gasteiger partial charge in [0.1, 0.15) is 5.82 Å². The van der Waals surface area contributed by atoms with Gasteiger partial charge >= 0.3 is 0 Å². The molecule has 0 radical (unpaired) electrons. The quantitative estimate of drug-likeness (QED) is 0.813. The summed E-state index contributed by atoms with van der Waals surface area (Å²) in [6, 6.07) is 9.40. The van der Waals surface area contributed by atoms with Crippen LogP contribution in [-0.2, 0) is 13.2 Å². The predicted octanol–water partition coefficient (Wildman–Crippen LogP) is 1.58. The van der Waals surface area contributed by atoms with E-state index in [9.17, 15) is 0 Å². The van der Waals surface area contributed by atoms with E-state index in [0.717, 1.165) is 11.3 Å². The maximum Gasteiger partial charge on any atom is 0.131 e. The Labute approximate surface area is 94.0 Å². The molecule has 0 aliphatic rings. The monoisotopic (exact) mass is 215 g/mol. The van der Waals surface area contributed by atoms with Crippen molar-refractivity contribution in [1.29, 1.82) is 0 Å². The first-order valence-corrected chi connectivity index (χ1v) is 5.08. The van der Waals surface area contributed by atoms with Crippen molar-refractivity contribution >= 4 is 5.82 Å². The van der Waals surface area contributed by atoms with Crippen LogP contribution >= 0.6 is 0 Å². The standard InChI is InChI=1S/C12H13N3O/c16-9-10-4-3-7-14-12(10)15-8-11-5-1-2-6-13-11/h1-7,16H,8-9H2,(H,14,15). The molecule has 0 saturated heterocycles. The molecule has 2 N–H and O–H groups in total. The van der Waals surface area contributed by atoms with Crippen molar-refractivity contribution in [3.8, 4) is 0 Å². The van der Waals surface area contributed by atoms with E-state index < -0.39 is 0 Å². The molecule has 82 valence electrons. The highest BCUT2D eigenvalue weighted by molar-refractivity contribution is 5.43. The molecule has 16 heavy (non-hydrogen) atoms. The van der Waals surface area contributed by atoms with E-state index in [4.69, 9.17) is 5.11 Å². The molecule has 0 aromatic carbocycles. The highest BCUT2D eigenvalue weighted by Crippen LogP contribution is 2.11. The molecule has 0 atom stereocenters. The van der Waals surface area contributed by atoms with Crippen LogP contribution in [0.15, 0.2) is 42.7 Å². The van der Waals surface area contributed by atoms with Gasteiger partial charge in [-0.05, 0) is 18.2 Å². The lowest BCUT2D eigenvalue weighted by molar-refractivity contribution is 0.282. The molecule has 2 aromatic rings. The third-order valence-electron chi connectivity index (χ3n) is 2.22. The molecule has 0 bridgehead atoms. The number of rotatable bonds is 4. The molecule has 0 saturated carbocycles. The summed E-state index contributed by atoms with van der Waals surface area (Å²) < 4.78 is 0. The Bertz CT molecular complexity index is 445. The normalized spacial score (nSPS) is 10.1. The maximum absolute atomic E-state index is 9.12. The van der Waals surface area contributed by atoms with Crippen LogP contribution in [0.1, 0.15) is 11.3 Å². The number of pyridine rings is 2. The highest BCUT2D eigenvalue weighted by Gasteiger charge is 2.01. The molecule has 2 heterocycles. The van der Waals surface area contributed by atoms with Gasteiger partial charge in [0.2, 0.25) is 0 Å². The number of nitrogens with zero attached hydrogens (tertiary/aromatic N) is 2. The van der Waals surface area contributed by atoms with Crippen LogP contribution in [0.2, 0.25) is 0 Å². The zero-order chi connectivity index (χ0) is 11.2. The first-order valence-electron chi connectivity index (χ1n) is 5.08. The SMILES string of the molecule is OCc1cccnc1NCc1ccccn1. The minimum Gasteiger partial charge on any atom is -0.392 e. The summed E-state index contributed by atoms with van der Waals surface area (Å²) >= 11 is 0. The lowest BCUT2D eigenvalue weighted by atomic mass is 10.2. The van der Waals surface area contributed by atoms with E-state index in [0.29, 0.717) is 12.4 Å². The number of aromatic nitrogens is 2. The second kappa shape index (κ2) is 5.23. The molecule has 2 rings (SSSR count). The third kappa shape index (κ3) is 2.55. The van der Waals surface area contributed by atoms with Crippen LogP contribution in [0.5, 0.6) is 0 Å². The molecule has 0 unspecified atom stereocenters. The molecule has 2 aromatic heterocycles. The van der Waals surface area contributed by atoms with Crippen LogP contribution in [0, 0.1) is 0 Å². The Kier molecular flexibility index (Phi) is 3.46. The fraction of sp³-hybridized carbons (Fsp3) is 0.167. The van der Waals surface area contributed by atoms with Gasteiger partial charge < -0.3 is 10.4 Å². The fourth-order valence-corrected chi connectivity index (χ4v) is 1.40. The van der Waals surface area contributed by atoms with Crippen LogP contribution in [0.25, 0.3) is 0 Å². The largest absolute Gasteiger partial charge is 0.392 e. The fourth-order valence-electron chi connectivity index (χ4n) is 1.40. The smallest absolute Gasteiger partial charge is 0.131 e. The Morgan fingerprint density at radius 1 is 1.06 bits per heavy atom. The lowest BCUT2D eigenvalue weighted by Crippen LogP contribution is -2.05. The van der Waals surface area contributed by atoms with Crippen molar-refractivity contribution in [3.05, 3.63) is 54.0 Å². The van der Waals surface area contributed by atoms with Gasteiger partial charge in [-0.2, -0.15) is 0 Å². The van der Waals surface area contributed by atoms with Gasteiger partial charge in [0, 0.05) is 18.0 Å². The van der Waals surface area contributed by atoms with Gasteiger partial charge in [-0.1, -0.05) is 12.1 Å². The van der Waals surface area contributed by atoms with Crippen LogP contribution in [0.3, 0.4) is 0 Å². The minimum absolute atomic E-state index is 0.0155. The average molecular weight is 215 g/mol. The molecule has 0 fully saturated rings. The molecule has 0 amide bonds. The van der Waals surface area contributed by atoms with Crippen LogP contribution in [-0.4, -0.2) is 15.1 Å². The molecule has 0 spiro atoms. The first kappa shape index (κ1) is 10.6. The summed E-state index contributed by atoms with van der Waals surface area (Å²) in [5.41, 5.74) is 1.73. The molecular formula is C12H13N3O. The van der Waals surface area contributed by atoms with Crippen molar-refractivity contribution < 1.29 is 5.11 Å². The predicted molar refractivity (Wildman–Crippen MR) is 61.7 cm³/mol. The summed E-state index contributed by atoms with van der Waals surface area (Å²) in [7, 11) is 0. The van der Waals surface area contributed by atoms with Gasteiger partial charge in [-0.15, -0.1) is 0 Å². The van der Waals surface area contributed by atoms with E-state index >= 15 is 0 Å². The zero-order valence-corrected chi connectivity index (χ0v) is 8.80. The number of aliphatic hydroxyl groups is 1. The van der Waals surface area contributed by atoms with E-state index in [-0.39, 0.29) is 6.61 Å². The zero-order valence-electron chi connectivity index (χ0n) is 8.80. The minimum atomic E-state index is -0.0155. The second-order valence-electron chi connectivity index (χ2n) is 3.34. The molecule has 4 heteroatoms. The van der Waals surface area contributed by atoms with E-state index in [2.05, 4.69) is 15.3 Å². The van der Waals surface area contributed by atoms with Crippen molar-refractivity contribution in [2.24, 2.45) is 0 Å². The van der Waals surface area contributed by atoms with E-state index in [1.165, 1.54) is 0 Å². The Balaban J connectivity index is 2.05. The Hall–Kier alpha value is -1.94. The molecular weight excluding hydrogens is 202 g/mol.